The van der Waals surface area contributed by atoms with E-state index in [-0.39, 0.29) is 18.6 Å². The van der Waals surface area contributed by atoms with Gasteiger partial charge >= 0.3 is 0 Å². The van der Waals surface area contributed by atoms with Crippen LogP contribution in [-0.2, 0) is 21.0 Å². The monoisotopic (exact) mass is 353 g/mol. The Morgan fingerprint density at radius 3 is 2.54 bits per heavy atom. The molecule has 2 aromatic rings. The minimum atomic E-state index is -0.224. The molecule has 0 aliphatic carbocycles. The predicted octanol–water partition coefficient (Wildman–Crippen LogP) is 4.02. The molecule has 0 spiro atoms. The Morgan fingerprint density at radius 1 is 1.12 bits per heavy atom. The molecule has 0 saturated heterocycles. The lowest BCUT2D eigenvalue weighted by molar-refractivity contribution is -0.207. The van der Waals surface area contributed by atoms with Gasteiger partial charge in [0.15, 0.2) is 5.78 Å². The van der Waals surface area contributed by atoms with Crippen molar-refractivity contribution in [3.8, 4) is 5.75 Å². The maximum Gasteiger partial charge on any atom is 0.161 e. The van der Waals surface area contributed by atoms with Crippen LogP contribution in [0.1, 0.15) is 30.5 Å². The van der Waals surface area contributed by atoms with E-state index in [9.17, 15) is 4.79 Å². The minimum absolute atomic E-state index is 0.0360. The summed E-state index contributed by atoms with van der Waals surface area (Å²) >= 11 is 0. The average Bonchev–Trinajstić information content (AvgIpc) is 2.80. The average molecular weight is 353 g/mol. The van der Waals surface area contributed by atoms with Gasteiger partial charge in [0.1, 0.15) is 18.2 Å². The van der Waals surface area contributed by atoms with Gasteiger partial charge in [-0.3, -0.25) is 4.79 Å². The smallest absolute Gasteiger partial charge is 0.161 e. The summed E-state index contributed by atoms with van der Waals surface area (Å²) in [5, 5.41) is 1.72. The summed E-state index contributed by atoms with van der Waals surface area (Å²) in [6.45, 7) is 2.51. The maximum absolute atomic E-state index is 12.2. The Balaban J connectivity index is 1.73. The van der Waals surface area contributed by atoms with Gasteiger partial charge in [-0.1, -0.05) is 42.5 Å². The molecule has 1 unspecified atom stereocenters. The van der Waals surface area contributed by atoms with Crippen molar-refractivity contribution in [3.63, 3.8) is 0 Å². The van der Waals surface area contributed by atoms with Crippen LogP contribution >= 0.6 is 0 Å². The number of carbonyl (C=O) groups excluding carboxylic acids is 1. The van der Waals surface area contributed by atoms with E-state index in [1.54, 1.807) is 19.1 Å². The Kier molecular flexibility index (Phi) is 6.04. The van der Waals surface area contributed by atoms with Gasteiger partial charge in [-0.2, -0.15) is 0 Å². The minimum Gasteiger partial charge on any atom is -0.497 e. The highest BCUT2D eigenvalue weighted by atomic mass is 16.7. The van der Waals surface area contributed by atoms with Crippen LogP contribution in [0.25, 0.3) is 0 Å². The van der Waals surface area contributed by atoms with Crippen LogP contribution in [-0.4, -0.2) is 24.7 Å². The van der Waals surface area contributed by atoms with E-state index in [1.807, 2.05) is 54.6 Å². The lowest BCUT2D eigenvalue weighted by Gasteiger charge is -2.29. The highest BCUT2D eigenvalue weighted by molar-refractivity contribution is 5.90. The molecule has 0 aromatic heterocycles. The van der Waals surface area contributed by atoms with Crippen molar-refractivity contribution in [2.24, 2.45) is 0 Å². The molecule has 136 valence electrons. The van der Waals surface area contributed by atoms with Gasteiger partial charge in [0.05, 0.1) is 19.8 Å². The topological polar surface area (TPSA) is 48.0 Å². The van der Waals surface area contributed by atoms with Gasteiger partial charge in [-0.25, -0.2) is 0 Å². The Morgan fingerprint density at radius 2 is 1.85 bits per heavy atom. The third-order valence-corrected chi connectivity index (χ3v) is 4.20. The maximum atomic E-state index is 12.2. The van der Waals surface area contributed by atoms with Crippen LogP contribution in [0.15, 0.2) is 66.4 Å². The van der Waals surface area contributed by atoms with Crippen LogP contribution in [0.5, 0.6) is 5.75 Å². The zero-order valence-electron chi connectivity index (χ0n) is 15.1. The van der Waals surface area contributed by atoms with E-state index in [1.165, 1.54) is 6.08 Å². The zero-order valence-corrected chi connectivity index (χ0v) is 15.1. The summed E-state index contributed by atoms with van der Waals surface area (Å²) in [6, 6.07) is 17.4. The van der Waals surface area contributed by atoms with Crippen LogP contribution in [0.4, 0.5) is 0 Å². The molecule has 0 bridgehead atoms. The number of rotatable bonds is 6. The van der Waals surface area contributed by atoms with Gasteiger partial charge in [-0.05, 0) is 30.2 Å². The highest BCUT2D eigenvalue weighted by Crippen LogP contribution is 2.30. The number of ether oxygens (including phenoxy) is 2. The molecule has 3 rings (SSSR count). The lowest BCUT2D eigenvalue weighted by Crippen LogP contribution is -2.30. The van der Waals surface area contributed by atoms with Crippen LogP contribution in [0, 0.1) is 0 Å². The number of hydrogen-bond donors (Lipinski definition) is 0. The lowest BCUT2D eigenvalue weighted by atomic mass is 10.0. The fourth-order valence-electron chi connectivity index (χ4n) is 2.91. The Bertz CT molecular complexity index is 755. The van der Waals surface area contributed by atoms with Crippen molar-refractivity contribution >= 4 is 5.78 Å². The van der Waals surface area contributed by atoms with Crippen molar-refractivity contribution in [1.29, 1.82) is 0 Å². The fraction of sp³-hybridized carbons (Fsp3) is 0.286. The number of allylic oxidation sites excluding steroid dienone is 2. The van der Waals surface area contributed by atoms with Crippen molar-refractivity contribution < 1.29 is 19.1 Å². The second-order valence-electron chi connectivity index (χ2n) is 6.19. The summed E-state index contributed by atoms with van der Waals surface area (Å²) < 4.78 is 11.0. The third-order valence-electron chi connectivity index (χ3n) is 4.20. The van der Waals surface area contributed by atoms with Crippen molar-refractivity contribution in [2.45, 2.75) is 26.0 Å². The molecule has 0 fully saturated rings. The fourth-order valence-corrected chi connectivity index (χ4v) is 2.91. The molecule has 5 nitrogen and oxygen atoms in total. The molecule has 26 heavy (non-hydrogen) atoms. The quantitative estimate of drug-likeness (QED) is 0.785. The number of methoxy groups -OCH3 is 1. The van der Waals surface area contributed by atoms with E-state index in [2.05, 4.69) is 0 Å². The number of benzene rings is 2. The first-order valence-corrected chi connectivity index (χ1v) is 8.57. The van der Waals surface area contributed by atoms with E-state index in [4.69, 9.17) is 14.3 Å². The summed E-state index contributed by atoms with van der Waals surface area (Å²) in [5.41, 5.74) is 2.07. The molecule has 5 heteroatoms. The van der Waals surface area contributed by atoms with Crippen molar-refractivity contribution in [2.75, 3.05) is 13.8 Å². The molecule has 2 aromatic carbocycles. The largest absolute Gasteiger partial charge is 0.497 e. The summed E-state index contributed by atoms with van der Waals surface area (Å²) in [6.07, 6.45) is 1.87. The van der Waals surface area contributed by atoms with Crippen molar-refractivity contribution in [3.05, 3.63) is 77.6 Å². The second-order valence-corrected chi connectivity index (χ2v) is 6.19. The first-order valence-electron chi connectivity index (χ1n) is 8.57. The Labute approximate surface area is 153 Å². The summed E-state index contributed by atoms with van der Waals surface area (Å²) in [4.78, 5) is 18.1. The zero-order chi connectivity index (χ0) is 18.4. The number of nitrogens with zero attached hydrogens (tertiary/aromatic N) is 1. The van der Waals surface area contributed by atoms with Crippen LogP contribution < -0.4 is 4.74 Å². The van der Waals surface area contributed by atoms with Gasteiger partial charge in [-0.15, -0.1) is 5.06 Å². The molecule has 1 aliphatic heterocycles. The summed E-state index contributed by atoms with van der Waals surface area (Å²) in [5.74, 6) is 1.37. The molecule has 0 saturated carbocycles. The molecular formula is C21H23NO4. The molecule has 0 amide bonds. The molecule has 1 heterocycles. The van der Waals surface area contributed by atoms with E-state index >= 15 is 0 Å². The Hall–Kier alpha value is -2.63. The highest BCUT2D eigenvalue weighted by Gasteiger charge is 2.28. The van der Waals surface area contributed by atoms with Gasteiger partial charge in [0, 0.05) is 12.5 Å². The van der Waals surface area contributed by atoms with Gasteiger partial charge in [0.25, 0.3) is 0 Å². The van der Waals surface area contributed by atoms with Crippen LogP contribution in [0.3, 0.4) is 0 Å². The molecule has 0 radical (unpaired) electrons. The first-order chi connectivity index (χ1) is 12.7. The molecule has 1 atom stereocenters. The van der Waals surface area contributed by atoms with E-state index < -0.39 is 0 Å². The van der Waals surface area contributed by atoms with Crippen molar-refractivity contribution in [1.82, 2.24) is 5.06 Å². The van der Waals surface area contributed by atoms with Gasteiger partial charge in [0.2, 0.25) is 0 Å². The normalized spacial score (nSPS) is 18.0. The van der Waals surface area contributed by atoms with E-state index in [0.29, 0.717) is 18.8 Å². The van der Waals surface area contributed by atoms with Crippen LogP contribution in [0.2, 0.25) is 0 Å². The van der Waals surface area contributed by atoms with Gasteiger partial charge < -0.3 is 14.3 Å². The van der Waals surface area contributed by atoms with E-state index in [0.717, 1.165) is 16.9 Å². The molecule has 0 N–H and O–H groups in total. The molecular weight excluding hydrogens is 330 g/mol. The molecule has 1 aliphatic rings. The number of carbonyl (C=O) groups is 1. The first kappa shape index (κ1) is 18.2. The number of hydroxylamine groups is 2. The second kappa shape index (κ2) is 8.65. The SMILES string of the molecule is COc1ccc(C2CC(=O)C=C(C)ON2COCc2ccccc2)cc1. The number of ketones is 1. The summed E-state index contributed by atoms with van der Waals surface area (Å²) in [7, 11) is 1.63. The predicted molar refractivity (Wildman–Crippen MR) is 98.1 cm³/mol. The standard InChI is InChI=1S/C21H23NO4/c1-16-12-19(23)13-21(18-8-10-20(24-2)11-9-18)22(26-16)15-25-14-17-6-4-3-5-7-17/h3-12,21H,13-15H2,1-2H3. The number of hydrogen-bond acceptors (Lipinski definition) is 5. The third kappa shape index (κ3) is 4.71.